The molecule has 168 valence electrons. The number of nitrogens with zero attached hydrogens (tertiary/aromatic N) is 2. The molecule has 31 heavy (non-hydrogen) atoms. The molecule has 0 saturated carbocycles. The van der Waals surface area contributed by atoms with Crippen molar-refractivity contribution in [2.24, 2.45) is 0 Å². The van der Waals surface area contributed by atoms with E-state index in [4.69, 9.17) is 9.47 Å². The van der Waals surface area contributed by atoms with Gasteiger partial charge in [0.2, 0.25) is 0 Å². The summed E-state index contributed by atoms with van der Waals surface area (Å²) in [6.07, 6.45) is 2.96. The van der Waals surface area contributed by atoms with Crippen LogP contribution in [-0.2, 0) is 19.5 Å². The number of hydrogen-bond acceptors (Lipinski definition) is 6. The minimum absolute atomic E-state index is 0.411. The van der Waals surface area contributed by atoms with Crippen molar-refractivity contribution < 1.29 is 9.47 Å². The lowest BCUT2D eigenvalue weighted by Crippen LogP contribution is -2.34. The fourth-order valence-corrected chi connectivity index (χ4v) is 4.52. The molecule has 0 bridgehead atoms. The highest BCUT2D eigenvalue weighted by atomic mass is 32.1. The Hall–Kier alpha value is -1.34. The Morgan fingerprint density at radius 3 is 1.65 bits per heavy atom. The summed E-state index contributed by atoms with van der Waals surface area (Å²) in [5, 5.41) is 0.823. The van der Waals surface area contributed by atoms with Gasteiger partial charge in [-0.1, -0.05) is 50.2 Å². The second-order valence-corrected chi connectivity index (χ2v) is 10.7. The molecule has 0 aliphatic carbocycles. The van der Waals surface area contributed by atoms with E-state index in [1.807, 2.05) is 0 Å². The van der Waals surface area contributed by atoms with Gasteiger partial charge in [0.25, 0.3) is 0 Å². The Morgan fingerprint density at radius 2 is 1.23 bits per heavy atom. The molecular weight excluding hydrogens is 424 g/mol. The number of ether oxygens (including phenoxy) is 2. The molecule has 4 nitrogen and oxygen atoms in total. The fourth-order valence-electron chi connectivity index (χ4n) is 4.29. The molecule has 2 aliphatic heterocycles. The van der Waals surface area contributed by atoms with Crippen LogP contribution in [-0.4, -0.2) is 46.9 Å². The summed E-state index contributed by atoms with van der Waals surface area (Å²) in [7, 11) is 0. The van der Waals surface area contributed by atoms with Gasteiger partial charge in [0.15, 0.2) is 0 Å². The molecule has 0 aromatic heterocycles. The van der Waals surface area contributed by atoms with Gasteiger partial charge in [0.05, 0.1) is 0 Å². The van der Waals surface area contributed by atoms with Crippen molar-refractivity contribution in [2.45, 2.75) is 56.7 Å². The molecule has 2 unspecified atom stereocenters. The maximum absolute atomic E-state index is 6.23. The third-order valence-electron chi connectivity index (χ3n) is 6.03. The van der Waals surface area contributed by atoms with Crippen LogP contribution >= 0.6 is 25.3 Å². The first-order valence-electron chi connectivity index (χ1n) is 11.3. The lowest BCUT2D eigenvalue weighted by Gasteiger charge is -2.32. The van der Waals surface area contributed by atoms with E-state index in [2.05, 4.69) is 85.3 Å². The van der Waals surface area contributed by atoms with Crippen LogP contribution in [0.25, 0.3) is 0 Å². The molecule has 2 aromatic rings. The zero-order chi connectivity index (χ0) is 21.8. The van der Waals surface area contributed by atoms with Crippen LogP contribution in [0.3, 0.4) is 0 Å². The largest absolute Gasteiger partial charge is 0.477 e. The smallest absolute Gasteiger partial charge is 0.142 e. The molecule has 2 atom stereocenters. The molecule has 0 N–H and O–H groups in total. The van der Waals surface area contributed by atoms with Crippen LogP contribution < -0.4 is 9.47 Å². The van der Waals surface area contributed by atoms with Gasteiger partial charge in [-0.15, -0.1) is 0 Å². The normalized spacial score (nSPS) is 18.5. The lowest BCUT2D eigenvalue weighted by atomic mass is 9.97. The Morgan fingerprint density at radius 1 is 0.774 bits per heavy atom. The van der Waals surface area contributed by atoms with E-state index in [0.717, 1.165) is 56.9 Å². The van der Waals surface area contributed by atoms with E-state index in [9.17, 15) is 0 Å². The molecule has 2 aliphatic rings. The minimum atomic E-state index is 0.411. The number of rotatable bonds is 8. The molecule has 0 radical (unpaired) electrons. The molecular formula is C25H34N2O2S2. The second kappa shape index (κ2) is 10.5. The van der Waals surface area contributed by atoms with Gasteiger partial charge in [-0.05, 0) is 24.0 Å². The molecule has 0 amide bonds. The van der Waals surface area contributed by atoms with E-state index in [0.29, 0.717) is 24.0 Å². The van der Waals surface area contributed by atoms with E-state index in [1.165, 1.54) is 22.3 Å². The SMILES string of the molecule is CC(S)CCN1COc2c(Cc3cccc4c3OCN(CCC(C)S)C4)cccc2C1. The summed E-state index contributed by atoms with van der Waals surface area (Å²) in [5.74, 6) is 2.10. The summed E-state index contributed by atoms with van der Waals surface area (Å²) < 4.78 is 12.5. The molecule has 4 rings (SSSR count). The standard InChI is InChI=1S/C25H34N2O2S2/c1-18(30)9-11-26-14-22-7-3-5-20(24(22)28-16-26)13-21-6-4-8-23-15-27(12-10-19(2)31)17-29-25(21)23/h3-8,18-19,30-31H,9-17H2,1-2H3. The Balaban J connectivity index is 1.47. The van der Waals surface area contributed by atoms with Crippen molar-refractivity contribution in [1.82, 2.24) is 9.80 Å². The van der Waals surface area contributed by atoms with Gasteiger partial charge in [-0.3, -0.25) is 9.80 Å². The number of hydrogen-bond donors (Lipinski definition) is 2. The fraction of sp³-hybridized carbons (Fsp3) is 0.520. The summed E-state index contributed by atoms with van der Waals surface area (Å²) in [4.78, 5) is 4.71. The van der Waals surface area contributed by atoms with Gasteiger partial charge in [-0.2, -0.15) is 25.3 Å². The number of thiol groups is 2. The molecule has 6 heteroatoms. The first kappa shape index (κ1) is 22.8. The average Bonchev–Trinajstić information content (AvgIpc) is 2.76. The van der Waals surface area contributed by atoms with Gasteiger partial charge in [-0.25, -0.2) is 0 Å². The molecule has 2 aromatic carbocycles. The van der Waals surface area contributed by atoms with Crippen molar-refractivity contribution in [2.75, 3.05) is 26.6 Å². The van der Waals surface area contributed by atoms with Crippen molar-refractivity contribution in [3.8, 4) is 11.5 Å². The van der Waals surface area contributed by atoms with E-state index in [-0.39, 0.29) is 0 Å². The predicted octanol–water partition coefficient (Wildman–Crippen LogP) is 5.00. The highest BCUT2D eigenvalue weighted by molar-refractivity contribution is 7.81. The van der Waals surface area contributed by atoms with Crippen molar-refractivity contribution in [3.05, 3.63) is 58.7 Å². The topological polar surface area (TPSA) is 24.9 Å². The van der Waals surface area contributed by atoms with Crippen molar-refractivity contribution in [1.29, 1.82) is 0 Å². The molecule has 2 heterocycles. The quantitative estimate of drug-likeness (QED) is 0.544. The van der Waals surface area contributed by atoms with Crippen LogP contribution in [0.5, 0.6) is 11.5 Å². The predicted molar refractivity (Wildman–Crippen MR) is 134 cm³/mol. The first-order valence-corrected chi connectivity index (χ1v) is 12.3. The average molecular weight is 459 g/mol. The highest BCUT2D eigenvalue weighted by Gasteiger charge is 2.23. The van der Waals surface area contributed by atoms with E-state index in [1.54, 1.807) is 0 Å². The minimum Gasteiger partial charge on any atom is -0.477 e. The Kier molecular flexibility index (Phi) is 7.75. The van der Waals surface area contributed by atoms with Crippen LogP contribution in [0.1, 0.15) is 48.9 Å². The highest BCUT2D eigenvalue weighted by Crippen LogP contribution is 2.35. The Bertz CT molecular complexity index is 816. The van der Waals surface area contributed by atoms with Gasteiger partial charge in [0, 0.05) is 54.2 Å². The summed E-state index contributed by atoms with van der Waals surface area (Å²) in [6.45, 7) is 9.47. The molecule has 0 saturated heterocycles. The first-order chi connectivity index (χ1) is 15.0. The maximum Gasteiger partial charge on any atom is 0.142 e. The number of benzene rings is 2. The second-order valence-electron chi connectivity index (χ2n) is 8.91. The number of fused-ring (bicyclic) bond motifs is 2. The van der Waals surface area contributed by atoms with Crippen LogP contribution in [0.2, 0.25) is 0 Å². The third kappa shape index (κ3) is 5.92. The van der Waals surface area contributed by atoms with Gasteiger partial charge in [0.1, 0.15) is 25.0 Å². The van der Waals surface area contributed by atoms with Crippen molar-refractivity contribution in [3.63, 3.8) is 0 Å². The number of para-hydroxylation sites is 2. The van der Waals surface area contributed by atoms with E-state index < -0.39 is 0 Å². The van der Waals surface area contributed by atoms with E-state index >= 15 is 0 Å². The summed E-state index contributed by atoms with van der Waals surface area (Å²) in [6, 6.07) is 13.1. The monoisotopic (exact) mass is 458 g/mol. The lowest BCUT2D eigenvalue weighted by molar-refractivity contribution is 0.0922. The van der Waals surface area contributed by atoms with Gasteiger partial charge < -0.3 is 9.47 Å². The molecule has 0 fully saturated rings. The Labute approximate surface area is 197 Å². The van der Waals surface area contributed by atoms with Gasteiger partial charge >= 0.3 is 0 Å². The maximum atomic E-state index is 6.23. The van der Waals surface area contributed by atoms with Crippen LogP contribution in [0, 0.1) is 0 Å². The van der Waals surface area contributed by atoms with Crippen LogP contribution in [0.4, 0.5) is 0 Å². The summed E-state index contributed by atoms with van der Waals surface area (Å²) >= 11 is 9.01. The zero-order valence-corrected chi connectivity index (χ0v) is 20.4. The van der Waals surface area contributed by atoms with Crippen LogP contribution in [0.15, 0.2) is 36.4 Å². The van der Waals surface area contributed by atoms with Crippen molar-refractivity contribution >= 4 is 25.3 Å². The third-order valence-corrected chi connectivity index (χ3v) is 6.55. The molecule has 0 spiro atoms. The summed E-state index contributed by atoms with van der Waals surface area (Å²) in [5.41, 5.74) is 5.02. The zero-order valence-electron chi connectivity index (χ0n) is 18.6.